The van der Waals surface area contributed by atoms with E-state index in [1.807, 2.05) is 6.07 Å². The third kappa shape index (κ3) is 2.99. The molecule has 1 saturated carbocycles. The van der Waals surface area contributed by atoms with E-state index in [4.69, 9.17) is 0 Å². The van der Waals surface area contributed by atoms with Crippen molar-refractivity contribution in [1.82, 2.24) is 9.97 Å². The molecule has 1 aliphatic carbocycles. The van der Waals surface area contributed by atoms with E-state index >= 15 is 0 Å². The summed E-state index contributed by atoms with van der Waals surface area (Å²) in [7, 11) is 0. The number of hydrogen-bond donors (Lipinski definition) is 2. The minimum absolute atomic E-state index is 0.169. The van der Waals surface area contributed by atoms with Crippen LogP contribution in [0.4, 0.5) is 5.82 Å². The highest BCUT2D eigenvalue weighted by atomic mass is 16.3. The summed E-state index contributed by atoms with van der Waals surface area (Å²) in [5.41, 5.74) is 0.835. The van der Waals surface area contributed by atoms with Crippen molar-refractivity contribution < 1.29 is 5.11 Å². The maximum absolute atomic E-state index is 9.74. The standard InChI is InChI=1S/C14H23N3O/c1-3-12-7-13(16-10-15-12)17-14(9-18)6-4-5-11(2)8-14/h7,10-11,18H,3-6,8-9H2,1-2H3,(H,15,16,17). The number of nitrogens with zero attached hydrogens (tertiary/aromatic N) is 2. The van der Waals surface area contributed by atoms with Crippen LogP contribution < -0.4 is 5.32 Å². The number of anilines is 1. The van der Waals surface area contributed by atoms with Gasteiger partial charge in [-0.1, -0.05) is 26.7 Å². The molecule has 0 aliphatic heterocycles. The van der Waals surface area contributed by atoms with Crippen LogP contribution in [0.25, 0.3) is 0 Å². The molecule has 4 nitrogen and oxygen atoms in total. The molecule has 0 bridgehead atoms. The smallest absolute Gasteiger partial charge is 0.130 e. The van der Waals surface area contributed by atoms with Crippen LogP contribution in [0, 0.1) is 5.92 Å². The van der Waals surface area contributed by atoms with Crippen LogP contribution in [0.5, 0.6) is 0 Å². The van der Waals surface area contributed by atoms with Gasteiger partial charge in [-0.15, -0.1) is 0 Å². The number of aryl methyl sites for hydroxylation is 1. The van der Waals surface area contributed by atoms with Crippen molar-refractivity contribution in [3.05, 3.63) is 18.1 Å². The van der Waals surface area contributed by atoms with Gasteiger partial charge in [0.05, 0.1) is 12.1 Å². The number of aromatic nitrogens is 2. The lowest BCUT2D eigenvalue weighted by Gasteiger charge is -2.39. The minimum Gasteiger partial charge on any atom is -0.394 e. The Kier molecular flexibility index (Phi) is 4.17. The van der Waals surface area contributed by atoms with Gasteiger partial charge in [0, 0.05) is 11.8 Å². The zero-order chi connectivity index (χ0) is 13.0. The fourth-order valence-corrected chi connectivity index (χ4v) is 2.89. The number of rotatable bonds is 4. The van der Waals surface area contributed by atoms with Gasteiger partial charge in [-0.3, -0.25) is 0 Å². The van der Waals surface area contributed by atoms with Gasteiger partial charge in [-0.25, -0.2) is 9.97 Å². The predicted molar refractivity (Wildman–Crippen MR) is 72.5 cm³/mol. The molecule has 2 rings (SSSR count). The van der Waals surface area contributed by atoms with Gasteiger partial charge in [0.25, 0.3) is 0 Å². The number of aliphatic hydroxyl groups is 1. The Morgan fingerprint density at radius 3 is 3.00 bits per heavy atom. The number of nitrogens with one attached hydrogen (secondary N) is 1. The lowest BCUT2D eigenvalue weighted by molar-refractivity contribution is 0.149. The first-order valence-corrected chi connectivity index (χ1v) is 6.87. The average molecular weight is 249 g/mol. The summed E-state index contributed by atoms with van der Waals surface area (Å²) >= 11 is 0. The molecule has 18 heavy (non-hydrogen) atoms. The molecule has 2 N–H and O–H groups in total. The molecule has 0 saturated heterocycles. The van der Waals surface area contributed by atoms with Crippen LogP contribution in [0.1, 0.15) is 45.2 Å². The van der Waals surface area contributed by atoms with Gasteiger partial charge < -0.3 is 10.4 Å². The van der Waals surface area contributed by atoms with Gasteiger partial charge in [-0.05, 0) is 25.2 Å². The van der Waals surface area contributed by atoms with Crippen LogP contribution in [0.3, 0.4) is 0 Å². The number of aliphatic hydroxyl groups excluding tert-OH is 1. The molecule has 4 heteroatoms. The summed E-state index contributed by atoms with van der Waals surface area (Å²) in [5, 5.41) is 13.2. The maximum Gasteiger partial charge on any atom is 0.130 e. The van der Waals surface area contributed by atoms with E-state index in [-0.39, 0.29) is 12.1 Å². The van der Waals surface area contributed by atoms with Gasteiger partial charge >= 0.3 is 0 Å². The van der Waals surface area contributed by atoms with Crippen molar-refractivity contribution in [3.8, 4) is 0 Å². The zero-order valence-corrected chi connectivity index (χ0v) is 11.3. The third-order valence-corrected chi connectivity index (χ3v) is 3.87. The highest BCUT2D eigenvalue weighted by Crippen LogP contribution is 2.34. The first-order chi connectivity index (χ1) is 8.67. The second kappa shape index (κ2) is 5.65. The summed E-state index contributed by atoms with van der Waals surface area (Å²) in [5.74, 6) is 1.50. The van der Waals surface area contributed by atoms with E-state index in [0.717, 1.165) is 30.8 Å². The van der Waals surface area contributed by atoms with E-state index in [0.29, 0.717) is 5.92 Å². The molecule has 2 unspecified atom stereocenters. The van der Waals surface area contributed by atoms with Crippen molar-refractivity contribution in [2.75, 3.05) is 11.9 Å². The normalized spacial score (nSPS) is 28.1. The van der Waals surface area contributed by atoms with Crippen LogP contribution in [-0.4, -0.2) is 27.2 Å². The minimum atomic E-state index is -0.197. The quantitative estimate of drug-likeness (QED) is 0.860. The zero-order valence-electron chi connectivity index (χ0n) is 11.3. The second-order valence-corrected chi connectivity index (χ2v) is 5.51. The first kappa shape index (κ1) is 13.3. The summed E-state index contributed by atoms with van der Waals surface area (Å²) in [6, 6.07) is 1.98. The van der Waals surface area contributed by atoms with Gasteiger partial charge in [0.2, 0.25) is 0 Å². The Bertz CT molecular complexity index is 396. The molecule has 0 amide bonds. The van der Waals surface area contributed by atoms with Crippen molar-refractivity contribution >= 4 is 5.82 Å². The van der Waals surface area contributed by atoms with E-state index in [1.165, 1.54) is 12.8 Å². The lowest BCUT2D eigenvalue weighted by atomic mass is 9.77. The number of hydrogen-bond acceptors (Lipinski definition) is 4. The van der Waals surface area contributed by atoms with Gasteiger partial charge in [-0.2, -0.15) is 0 Å². The fourth-order valence-electron chi connectivity index (χ4n) is 2.89. The largest absolute Gasteiger partial charge is 0.394 e. The molecule has 1 aliphatic rings. The summed E-state index contributed by atoms with van der Waals surface area (Å²) in [4.78, 5) is 8.47. The molecule has 100 valence electrons. The highest BCUT2D eigenvalue weighted by Gasteiger charge is 2.34. The van der Waals surface area contributed by atoms with Gasteiger partial charge in [0.1, 0.15) is 12.1 Å². The summed E-state index contributed by atoms with van der Waals surface area (Å²) in [6.07, 6.45) is 6.94. The lowest BCUT2D eigenvalue weighted by Crippen LogP contribution is -2.46. The molecule has 2 atom stereocenters. The Balaban J connectivity index is 2.13. The van der Waals surface area contributed by atoms with Gasteiger partial charge in [0.15, 0.2) is 0 Å². The van der Waals surface area contributed by atoms with E-state index in [2.05, 4.69) is 29.1 Å². The third-order valence-electron chi connectivity index (χ3n) is 3.87. The van der Waals surface area contributed by atoms with Crippen molar-refractivity contribution in [2.45, 2.75) is 51.5 Å². The van der Waals surface area contributed by atoms with Crippen LogP contribution in [0.15, 0.2) is 12.4 Å². The van der Waals surface area contributed by atoms with Crippen molar-refractivity contribution in [3.63, 3.8) is 0 Å². The summed E-state index contributed by atoms with van der Waals surface area (Å²) < 4.78 is 0. The van der Waals surface area contributed by atoms with Crippen molar-refractivity contribution in [1.29, 1.82) is 0 Å². The molecule has 0 aromatic carbocycles. The molecular formula is C14H23N3O. The Labute approximate surface area is 109 Å². The fraction of sp³-hybridized carbons (Fsp3) is 0.714. The van der Waals surface area contributed by atoms with Crippen LogP contribution in [0.2, 0.25) is 0 Å². The molecule has 0 spiro atoms. The van der Waals surface area contributed by atoms with E-state index < -0.39 is 0 Å². The Hall–Kier alpha value is -1.16. The molecule has 1 aromatic rings. The topological polar surface area (TPSA) is 58.0 Å². The molecule has 1 aromatic heterocycles. The molecule has 0 radical (unpaired) electrons. The predicted octanol–water partition coefficient (Wildman–Crippen LogP) is 2.39. The molecule has 1 heterocycles. The Morgan fingerprint density at radius 2 is 2.33 bits per heavy atom. The van der Waals surface area contributed by atoms with Crippen molar-refractivity contribution in [2.24, 2.45) is 5.92 Å². The SMILES string of the molecule is CCc1cc(NC2(CO)CCCC(C)C2)ncn1. The van der Waals surface area contributed by atoms with E-state index in [9.17, 15) is 5.11 Å². The molecule has 1 fully saturated rings. The highest BCUT2D eigenvalue weighted by molar-refractivity contribution is 5.38. The maximum atomic E-state index is 9.74. The van der Waals surface area contributed by atoms with Crippen LogP contribution >= 0.6 is 0 Å². The van der Waals surface area contributed by atoms with Crippen LogP contribution in [-0.2, 0) is 6.42 Å². The average Bonchev–Trinajstić information content (AvgIpc) is 2.39. The summed E-state index contributed by atoms with van der Waals surface area (Å²) in [6.45, 7) is 4.50. The monoisotopic (exact) mass is 249 g/mol. The first-order valence-electron chi connectivity index (χ1n) is 6.87. The second-order valence-electron chi connectivity index (χ2n) is 5.51. The molecular weight excluding hydrogens is 226 g/mol. The van der Waals surface area contributed by atoms with E-state index in [1.54, 1.807) is 6.33 Å². The Morgan fingerprint density at radius 1 is 1.50 bits per heavy atom.